The van der Waals surface area contributed by atoms with Gasteiger partial charge in [-0.15, -0.1) is 0 Å². The van der Waals surface area contributed by atoms with Gasteiger partial charge in [0.1, 0.15) is 10.1 Å². The second-order valence-corrected chi connectivity index (χ2v) is 4.15. The molecule has 0 aliphatic carbocycles. The molecule has 0 aliphatic rings. The van der Waals surface area contributed by atoms with Crippen LogP contribution < -0.4 is 29.6 Å². The zero-order chi connectivity index (χ0) is 9.35. The minimum absolute atomic E-state index is 0. The fourth-order valence-electron chi connectivity index (χ4n) is 0.729. The van der Waals surface area contributed by atoms with Crippen molar-refractivity contribution in [3.63, 3.8) is 0 Å². The molecule has 0 fully saturated rings. The molecule has 0 atom stereocenters. The van der Waals surface area contributed by atoms with Gasteiger partial charge in [-0.1, -0.05) is 17.7 Å². The van der Waals surface area contributed by atoms with Gasteiger partial charge in [-0.3, -0.25) is 0 Å². The van der Waals surface area contributed by atoms with E-state index in [-0.39, 0.29) is 39.5 Å². The first kappa shape index (κ1) is 13.4. The van der Waals surface area contributed by atoms with Crippen LogP contribution in [0.5, 0.6) is 0 Å². The maximum absolute atomic E-state index is 10.5. The first-order chi connectivity index (χ1) is 5.41. The quantitative estimate of drug-likeness (QED) is 0.437. The van der Waals surface area contributed by atoms with Crippen LogP contribution in [-0.2, 0) is 10.1 Å². The monoisotopic (exact) mass is 228 g/mol. The zero-order valence-electron chi connectivity index (χ0n) is 7.24. The molecule has 1 rings (SSSR count). The van der Waals surface area contributed by atoms with Crippen molar-refractivity contribution in [2.45, 2.75) is 11.8 Å². The molecule has 1 aromatic rings. The number of aryl methyl sites for hydroxylation is 1. The topological polar surface area (TPSA) is 57.2 Å². The van der Waals surface area contributed by atoms with Crippen molar-refractivity contribution in [1.29, 1.82) is 0 Å². The Hall–Kier alpha value is 0.420. The van der Waals surface area contributed by atoms with E-state index in [1.807, 2.05) is 0 Å². The average Bonchev–Trinajstić information content (AvgIpc) is 1.92. The van der Waals surface area contributed by atoms with Gasteiger partial charge in [0.2, 0.25) is 0 Å². The van der Waals surface area contributed by atoms with E-state index in [1.165, 1.54) is 12.1 Å². The third kappa shape index (κ3) is 3.58. The summed E-state index contributed by atoms with van der Waals surface area (Å²) in [7, 11) is -4.38. The van der Waals surface area contributed by atoms with Gasteiger partial charge in [-0.2, -0.15) is 0 Å². The molecule has 3 nitrogen and oxygen atoms in total. The van der Waals surface area contributed by atoms with Crippen molar-refractivity contribution in [3.8, 4) is 0 Å². The number of rotatable bonds is 1. The predicted molar refractivity (Wildman–Crippen MR) is 44.2 cm³/mol. The molecule has 0 N–H and O–H groups in total. The summed E-state index contributed by atoms with van der Waals surface area (Å²) in [5.74, 6) is 0. The number of benzene rings is 1. The Morgan fingerprint density at radius 2 is 1.92 bits per heavy atom. The summed E-state index contributed by atoms with van der Waals surface area (Å²) in [5.41, 5.74) is 0.740. The first-order valence-electron chi connectivity index (χ1n) is 3.13. The summed E-state index contributed by atoms with van der Waals surface area (Å²) < 4.78 is 31.4. The van der Waals surface area contributed by atoms with Gasteiger partial charge in [0.25, 0.3) is 0 Å². The molecule has 6 heteroatoms. The minimum atomic E-state index is -4.38. The number of halogens is 1. The van der Waals surface area contributed by atoms with Gasteiger partial charge in [-0.05, 0) is 24.6 Å². The smallest absolute Gasteiger partial charge is 0.744 e. The second-order valence-electron chi connectivity index (χ2n) is 2.37. The maximum atomic E-state index is 10.5. The summed E-state index contributed by atoms with van der Waals surface area (Å²) in [5, 5.41) is 0.284. The van der Waals surface area contributed by atoms with Gasteiger partial charge < -0.3 is 4.55 Å². The third-order valence-electron chi connectivity index (χ3n) is 1.43. The maximum Gasteiger partial charge on any atom is 1.00 e. The fraction of sp³-hybridized carbons (Fsp3) is 0.143. The molecular formula is C7H6ClNaO3S. The van der Waals surface area contributed by atoms with Crippen LogP contribution in [0.25, 0.3) is 0 Å². The molecule has 0 amide bonds. The molecule has 66 valence electrons. The summed E-state index contributed by atoms with van der Waals surface area (Å²) in [6, 6.07) is 3.88. The van der Waals surface area contributed by atoms with Crippen LogP contribution in [0.1, 0.15) is 5.56 Å². The summed E-state index contributed by atoms with van der Waals surface area (Å²) in [6.07, 6.45) is 0. The van der Waals surface area contributed by atoms with Crippen molar-refractivity contribution in [2.24, 2.45) is 0 Å². The van der Waals surface area contributed by atoms with Crippen LogP contribution in [0, 0.1) is 6.92 Å². The Labute approximate surface area is 104 Å². The normalized spacial score (nSPS) is 10.7. The Kier molecular flexibility index (Phi) is 4.93. The van der Waals surface area contributed by atoms with E-state index in [1.54, 1.807) is 6.92 Å². The van der Waals surface area contributed by atoms with Gasteiger partial charge in [0, 0.05) is 5.02 Å². The molecule has 0 aliphatic heterocycles. The molecule has 0 saturated carbocycles. The minimum Gasteiger partial charge on any atom is -0.744 e. The standard InChI is InChI=1S/C7H7ClO3S.Na/c1-5-2-3-6(4-7(5)8)12(9,10)11;/h2-4H,1H3,(H,9,10,11);/q;+1/p-1. The largest absolute Gasteiger partial charge is 1.00 e. The van der Waals surface area contributed by atoms with Crippen molar-refractivity contribution >= 4 is 21.7 Å². The van der Waals surface area contributed by atoms with E-state index in [0.29, 0.717) is 0 Å². The Morgan fingerprint density at radius 3 is 2.31 bits per heavy atom. The Morgan fingerprint density at radius 1 is 1.38 bits per heavy atom. The number of hydrogen-bond donors (Lipinski definition) is 0. The van der Waals surface area contributed by atoms with Crippen molar-refractivity contribution in [3.05, 3.63) is 28.8 Å². The predicted octanol–water partition coefficient (Wildman–Crippen LogP) is -1.44. The van der Waals surface area contributed by atoms with Gasteiger partial charge in [0.05, 0.1) is 4.90 Å². The van der Waals surface area contributed by atoms with Crippen molar-refractivity contribution < 1.29 is 42.5 Å². The molecule has 0 saturated heterocycles. The van der Waals surface area contributed by atoms with E-state index in [2.05, 4.69) is 0 Å². The van der Waals surface area contributed by atoms with Crippen molar-refractivity contribution in [1.82, 2.24) is 0 Å². The molecule has 0 spiro atoms. The van der Waals surface area contributed by atoms with E-state index in [4.69, 9.17) is 11.6 Å². The average molecular weight is 229 g/mol. The van der Waals surface area contributed by atoms with E-state index in [0.717, 1.165) is 11.6 Å². The first-order valence-corrected chi connectivity index (χ1v) is 4.92. The van der Waals surface area contributed by atoms with E-state index < -0.39 is 10.1 Å². The second kappa shape index (κ2) is 4.77. The van der Waals surface area contributed by atoms with Crippen LogP contribution in [0.2, 0.25) is 5.02 Å². The van der Waals surface area contributed by atoms with E-state index >= 15 is 0 Å². The molecule has 0 aromatic heterocycles. The fourth-order valence-corrected chi connectivity index (χ4v) is 1.47. The van der Waals surface area contributed by atoms with Gasteiger partial charge in [0.15, 0.2) is 0 Å². The SMILES string of the molecule is Cc1ccc(S(=O)(=O)[O-])cc1Cl.[Na+]. The van der Waals surface area contributed by atoms with Crippen LogP contribution in [0.3, 0.4) is 0 Å². The Bertz CT molecular complexity index is 402. The van der Waals surface area contributed by atoms with Gasteiger partial charge >= 0.3 is 29.6 Å². The molecule has 13 heavy (non-hydrogen) atoms. The van der Waals surface area contributed by atoms with Crippen LogP contribution in [-0.4, -0.2) is 13.0 Å². The summed E-state index contributed by atoms with van der Waals surface area (Å²) in [4.78, 5) is -0.293. The molecule has 0 radical (unpaired) electrons. The van der Waals surface area contributed by atoms with Crippen LogP contribution in [0.4, 0.5) is 0 Å². The van der Waals surface area contributed by atoms with Gasteiger partial charge in [-0.25, -0.2) is 8.42 Å². The molecule has 0 bridgehead atoms. The van der Waals surface area contributed by atoms with E-state index in [9.17, 15) is 13.0 Å². The Balaban J connectivity index is 0.00000144. The van der Waals surface area contributed by atoms with Crippen molar-refractivity contribution in [2.75, 3.05) is 0 Å². The molecule has 0 unspecified atom stereocenters. The third-order valence-corrected chi connectivity index (χ3v) is 2.67. The number of hydrogen-bond acceptors (Lipinski definition) is 3. The molecule has 0 heterocycles. The van der Waals surface area contributed by atoms with Crippen LogP contribution in [0.15, 0.2) is 23.1 Å². The molecule has 1 aromatic carbocycles. The van der Waals surface area contributed by atoms with Crippen LogP contribution >= 0.6 is 11.6 Å². The summed E-state index contributed by atoms with van der Waals surface area (Å²) in [6.45, 7) is 1.73. The molecular weight excluding hydrogens is 223 g/mol. The zero-order valence-corrected chi connectivity index (χ0v) is 10.8. The summed E-state index contributed by atoms with van der Waals surface area (Å²) >= 11 is 5.62.